The molecule has 0 heterocycles. The third kappa shape index (κ3) is 2.66. The van der Waals surface area contributed by atoms with Crippen LogP contribution in [0, 0.1) is 5.92 Å². The first-order valence-corrected chi connectivity index (χ1v) is 5.57. The van der Waals surface area contributed by atoms with Gasteiger partial charge in [0.1, 0.15) is 0 Å². The number of unbranched alkanes of at least 4 members (excludes halogenated alkanes) is 1. The van der Waals surface area contributed by atoms with Crippen molar-refractivity contribution in [2.45, 2.75) is 58.8 Å². The highest BCUT2D eigenvalue weighted by molar-refractivity contribution is 5.09. The lowest BCUT2D eigenvalue weighted by Gasteiger charge is -2.28. The van der Waals surface area contributed by atoms with Crippen LogP contribution in [0.4, 0.5) is 0 Å². The molecule has 70 valence electrons. The van der Waals surface area contributed by atoms with Crippen LogP contribution in [0.2, 0.25) is 0 Å². The second-order valence-electron chi connectivity index (χ2n) is 3.95. The second kappa shape index (κ2) is 5.40. The molecule has 0 amide bonds. The first-order chi connectivity index (χ1) is 5.88. The summed E-state index contributed by atoms with van der Waals surface area (Å²) in [5.74, 6) is 0.983. The molecule has 1 fully saturated rings. The molecule has 0 atom stereocenters. The molecule has 0 nitrogen and oxygen atoms in total. The van der Waals surface area contributed by atoms with Crippen LogP contribution in [-0.4, -0.2) is 0 Å². The van der Waals surface area contributed by atoms with Crippen molar-refractivity contribution in [2.24, 2.45) is 5.92 Å². The SMILES string of the molecule is CCCC=C(CCC)C1CCC1. The van der Waals surface area contributed by atoms with E-state index in [2.05, 4.69) is 19.9 Å². The van der Waals surface area contributed by atoms with Crippen molar-refractivity contribution in [2.75, 3.05) is 0 Å². The molecule has 0 unspecified atom stereocenters. The second-order valence-corrected chi connectivity index (χ2v) is 3.95. The molecule has 0 bridgehead atoms. The smallest absolute Gasteiger partial charge is 0.0203 e. The van der Waals surface area contributed by atoms with Crippen LogP contribution in [0.15, 0.2) is 11.6 Å². The lowest BCUT2D eigenvalue weighted by atomic mass is 9.78. The van der Waals surface area contributed by atoms with Gasteiger partial charge in [-0.15, -0.1) is 0 Å². The van der Waals surface area contributed by atoms with E-state index in [0.29, 0.717) is 0 Å². The zero-order valence-electron chi connectivity index (χ0n) is 8.60. The molecule has 0 spiro atoms. The van der Waals surface area contributed by atoms with Gasteiger partial charge in [-0.2, -0.15) is 0 Å². The van der Waals surface area contributed by atoms with Crippen molar-refractivity contribution in [1.82, 2.24) is 0 Å². The van der Waals surface area contributed by atoms with Gasteiger partial charge in [0.2, 0.25) is 0 Å². The molecule has 0 N–H and O–H groups in total. The highest BCUT2D eigenvalue weighted by Crippen LogP contribution is 2.35. The minimum atomic E-state index is 0.983. The fourth-order valence-corrected chi connectivity index (χ4v) is 1.87. The van der Waals surface area contributed by atoms with E-state index < -0.39 is 0 Å². The Labute approximate surface area is 77.1 Å². The zero-order valence-corrected chi connectivity index (χ0v) is 8.60. The molecular weight excluding hydrogens is 144 g/mol. The third-order valence-corrected chi connectivity index (χ3v) is 2.86. The zero-order chi connectivity index (χ0) is 8.81. The predicted molar refractivity (Wildman–Crippen MR) is 55.2 cm³/mol. The van der Waals surface area contributed by atoms with Gasteiger partial charge in [-0.05, 0) is 31.6 Å². The van der Waals surface area contributed by atoms with Crippen LogP contribution in [0.25, 0.3) is 0 Å². The fraction of sp³-hybridized carbons (Fsp3) is 0.833. The van der Waals surface area contributed by atoms with Crippen LogP contribution < -0.4 is 0 Å². The summed E-state index contributed by atoms with van der Waals surface area (Å²) in [6.07, 6.45) is 12.2. The van der Waals surface area contributed by atoms with Gasteiger partial charge in [0.25, 0.3) is 0 Å². The highest BCUT2D eigenvalue weighted by Gasteiger charge is 2.20. The van der Waals surface area contributed by atoms with Crippen LogP contribution >= 0.6 is 0 Å². The summed E-state index contributed by atoms with van der Waals surface area (Å²) in [4.78, 5) is 0. The Kier molecular flexibility index (Phi) is 4.42. The maximum absolute atomic E-state index is 2.51. The van der Waals surface area contributed by atoms with Gasteiger partial charge in [-0.3, -0.25) is 0 Å². The summed E-state index contributed by atoms with van der Waals surface area (Å²) < 4.78 is 0. The van der Waals surface area contributed by atoms with Gasteiger partial charge >= 0.3 is 0 Å². The third-order valence-electron chi connectivity index (χ3n) is 2.86. The minimum Gasteiger partial charge on any atom is -0.0851 e. The first kappa shape index (κ1) is 9.83. The number of hydrogen-bond donors (Lipinski definition) is 0. The Hall–Kier alpha value is -0.260. The summed E-state index contributed by atoms with van der Waals surface area (Å²) in [5.41, 5.74) is 1.77. The summed E-state index contributed by atoms with van der Waals surface area (Å²) in [7, 11) is 0. The van der Waals surface area contributed by atoms with E-state index in [-0.39, 0.29) is 0 Å². The average Bonchev–Trinajstić information content (AvgIpc) is 1.97. The summed E-state index contributed by atoms with van der Waals surface area (Å²) in [6, 6.07) is 0. The topological polar surface area (TPSA) is 0 Å². The monoisotopic (exact) mass is 166 g/mol. The molecule has 0 aromatic carbocycles. The Balaban J connectivity index is 2.35. The summed E-state index contributed by atoms with van der Waals surface area (Å²) in [5, 5.41) is 0. The van der Waals surface area contributed by atoms with Gasteiger partial charge in [0, 0.05) is 0 Å². The number of rotatable bonds is 5. The lowest BCUT2D eigenvalue weighted by Crippen LogP contribution is -2.13. The van der Waals surface area contributed by atoms with Crippen molar-refractivity contribution >= 4 is 0 Å². The van der Waals surface area contributed by atoms with Crippen molar-refractivity contribution in [3.8, 4) is 0 Å². The number of allylic oxidation sites excluding steroid dienone is 2. The lowest BCUT2D eigenvalue weighted by molar-refractivity contribution is 0.357. The first-order valence-electron chi connectivity index (χ1n) is 5.57. The van der Waals surface area contributed by atoms with E-state index in [0.717, 1.165) is 5.92 Å². The Morgan fingerprint density at radius 2 is 2.00 bits per heavy atom. The molecule has 1 rings (SSSR count). The normalized spacial score (nSPS) is 19.3. The van der Waals surface area contributed by atoms with Crippen LogP contribution in [0.1, 0.15) is 58.8 Å². The molecule has 0 radical (unpaired) electrons. The highest BCUT2D eigenvalue weighted by atomic mass is 14.3. The molecule has 0 aliphatic heterocycles. The molecule has 12 heavy (non-hydrogen) atoms. The van der Waals surface area contributed by atoms with Crippen molar-refractivity contribution < 1.29 is 0 Å². The quantitative estimate of drug-likeness (QED) is 0.534. The standard InChI is InChI=1S/C12H22/c1-3-5-8-11(7-4-2)12-9-6-10-12/h8,12H,3-7,9-10H2,1-2H3. The molecule has 0 aromatic rings. The van der Waals surface area contributed by atoms with Gasteiger partial charge in [-0.1, -0.05) is 44.8 Å². The molecule has 1 aliphatic rings. The van der Waals surface area contributed by atoms with Gasteiger partial charge in [-0.25, -0.2) is 0 Å². The van der Waals surface area contributed by atoms with Gasteiger partial charge in [0.05, 0.1) is 0 Å². The Morgan fingerprint density at radius 1 is 1.25 bits per heavy atom. The van der Waals surface area contributed by atoms with E-state index in [1.807, 2.05) is 0 Å². The molecule has 0 heteroatoms. The van der Waals surface area contributed by atoms with Crippen LogP contribution in [0.3, 0.4) is 0 Å². The minimum absolute atomic E-state index is 0.983. The van der Waals surface area contributed by atoms with Crippen molar-refractivity contribution in [3.05, 3.63) is 11.6 Å². The van der Waals surface area contributed by atoms with E-state index in [9.17, 15) is 0 Å². The van der Waals surface area contributed by atoms with E-state index in [4.69, 9.17) is 0 Å². The predicted octanol–water partition coefficient (Wildman–Crippen LogP) is 4.31. The average molecular weight is 166 g/mol. The van der Waals surface area contributed by atoms with Gasteiger partial charge in [0.15, 0.2) is 0 Å². The molecule has 1 saturated carbocycles. The van der Waals surface area contributed by atoms with E-state index >= 15 is 0 Å². The van der Waals surface area contributed by atoms with Gasteiger partial charge < -0.3 is 0 Å². The molecule has 0 saturated heterocycles. The largest absolute Gasteiger partial charge is 0.0851 e. The maximum atomic E-state index is 2.51. The summed E-state index contributed by atoms with van der Waals surface area (Å²) in [6.45, 7) is 4.55. The van der Waals surface area contributed by atoms with E-state index in [1.165, 1.54) is 44.9 Å². The molecule has 0 aromatic heterocycles. The molecule has 1 aliphatic carbocycles. The van der Waals surface area contributed by atoms with Crippen LogP contribution in [-0.2, 0) is 0 Å². The van der Waals surface area contributed by atoms with Crippen LogP contribution in [0.5, 0.6) is 0 Å². The Bertz CT molecular complexity index is 140. The number of hydrogen-bond acceptors (Lipinski definition) is 0. The summed E-state index contributed by atoms with van der Waals surface area (Å²) >= 11 is 0. The molecular formula is C12H22. The van der Waals surface area contributed by atoms with Crippen molar-refractivity contribution in [1.29, 1.82) is 0 Å². The van der Waals surface area contributed by atoms with E-state index in [1.54, 1.807) is 5.57 Å². The fourth-order valence-electron chi connectivity index (χ4n) is 1.87. The maximum Gasteiger partial charge on any atom is -0.0203 e. The van der Waals surface area contributed by atoms with Crippen molar-refractivity contribution in [3.63, 3.8) is 0 Å². The Morgan fingerprint density at radius 3 is 2.42 bits per heavy atom.